The molecular formula is C17H21N3O3. The van der Waals surface area contributed by atoms with Gasteiger partial charge >= 0.3 is 5.97 Å². The number of carbonyl (C=O) groups is 2. The zero-order valence-corrected chi connectivity index (χ0v) is 13.5. The zero-order chi connectivity index (χ0) is 17.0. The predicted octanol–water partition coefficient (Wildman–Crippen LogP) is 2.01. The molecule has 0 spiro atoms. The maximum Gasteiger partial charge on any atom is 0.326 e. The van der Waals surface area contributed by atoms with Crippen LogP contribution in [0.5, 0.6) is 0 Å². The Kier molecular flexibility index (Phi) is 5.16. The largest absolute Gasteiger partial charge is 0.480 e. The highest BCUT2D eigenvalue weighted by Crippen LogP contribution is 2.18. The van der Waals surface area contributed by atoms with Gasteiger partial charge in [0.1, 0.15) is 6.04 Å². The topological polar surface area (TPSA) is 84.2 Å². The Balaban J connectivity index is 2.20. The number of para-hydroxylation sites is 1. The summed E-state index contributed by atoms with van der Waals surface area (Å²) in [7, 11) is 0. The van der Waals surface area contributed by atoms with Gasteiger partial charge in [-0.1, -0.05) is 25.1 Å². The highest BCUT2D eigenvalue weighted by molar-refractivity contribution is 5.85. The van der Waals surface area contributed by atoms with Crippen molar-refractivity contribution >= 4 is 11.9 Å². The molecule has 1 aromatic carbocycles. The molecule has 0 saturated heterocycles. The molecule has 1 aromatic heterocycles. The van der Waals surface area contributed by atoms with E-state index < -0.39 is 12.0 Å². The minimum Gasteiger partial charge on any atom is -0.480 e. The molecule has 1 amide bonds. The number of rotatable bonds is 6. The minimum absolute atomic E-state index is 0.119. The van der Waals surface area contributed by atoms with Gasteiger partial charge in [0.15, 0.2) is 0 Å². The molecule has 0 unspecified atom stereocenters. The summed E-state index contributed by atoms with van der Waals surface area (Å²) in [6.07, 6.45) is 0.469. The van der Waals surface area contributed by atoms with E-state index in [4.69, 9.17) is 5.11 Å². The molecule has 1 heterocycles. The van der Waals surface area contributed by atoms with Crippen LogP contribution in [-0.2, 0) is 16.0 Å². The fraction of sp³-hybridized carbons (Fsp3) is 0.353. The van der Waals surface area contributed by atoms with Crippen molar-refractivity contribution in [2.24, 2.45) is 0 Å². The quantitative estimate of drug-likeness (QED) is 0.854. The number of nitrogens with zero attached hydrogens (tertiary/aromatic N) is 2. The molecular weight excluding hydrogens is 294 g/mol. The maximum absolute atomic E-state index is 12.1. The monoisotopic (exact) mass is 315 g/mol. The molecule has 1 atom stereocenters. The number of amides is 1. The number of aliphatic carboxylic acids is 1. The molecule has 6 heteroatoms. The Bertz CT molecular complexity index is 707. The first-order valence-electron chi connectivity index (χ1n) is 7.56. The van der Waals surface area contributed by atoms with E-state index in [1.807, 2.05) is 44.2 Å². The van der Waals surface area contributed by atoms with E-state index in [1.165, 1.54) is 0 Å². The molecule has 0 aliphatic rings. The molecule has 2 rings (SSSR count). The third-order valence-corrected chi connectivity index (χ3v) is 3.82. The van der Waals surface area contributed by atoms with E-state index in [1.54, 1.807) is 11.6 Å². The SMILES string of the molecule is CC[C@@H](NC(=O)Cc1c(C)nn(-c2ccccc2)c1C)C(=O)O. The predicted molar refractivity (Wildman–Crippen MR) is 86.6 cm³/mol. The molecule has 2 aromatic rings. The van der Waals surface area contributed by atoms with Gasteiger partial charge in [-0.05, 0) is 32.4 Å². The second-order valence-corrected chi connectivity index (χ2v) is 5.44. The summed E-state index contributed by atoms with van der Waals surface area (Å²) in [5, 5.41) is 16.0. The van der Waals surface area contributed by atoms with Crippen molar-refractivity contribution < 1.29 is 14.7 Å². The molecule has 0 fully saturated rings. The number of aryl methyl sites for hydroxylation is 1. The lowest BCUT2D eigenvalue weighted by molar-refractivity contribution is -0.141. The Morgan fingerprint density at radius 1 is 1.26 bits per heavy atom. The molecule has 0 aliphatic carbocycles. The zero-order valence-electron chi connectivity index (χ0n) is 13.5. The number of carbonyl (C=O) groups excluding carboxylic acids is 1. The van der Waals surface area contributed by atoms with Crippen LogP contribution in [-0.4, -0.2) is 32.8 Å². The van der Waals surface area contributed by atoms with Crippen molar-refractivity contribution in [2.75, 3.05) is 0 Å². The summed E-state index contributed by atoms with van der Waals surface area (Å²) in [4.78, 5) is 23.1. The summed E-state index contributed by atoms with van der Waals surface area (Å²) in [5.41, 5.74) is 3.40. The van der Waals surface area contributed by atoms with Crippen LogP contribution in [0.15, 0.2) is 30.3 Å². The van der Waals surface area contributed by atoms with Gasteiger partial charge in [0.05, 0.1) is 17.8 Å². The van der Waals surface area contributed by atoms with Gasteiger partial charge in [0, 0.05) is 11.3 Å². The van der Waals surface area contributed by atoms with Gasteiger partial charge in [-0.2, -0.15) is 5.10 Å². The first-order chi connectivity index (χ1) is 10.9. The van der Waals surface area contributed by atoms with Crippen molar-refractivity contribution in [3.63, 3.8) is 0 Å². The standard InChI is InChI=1S/C17H21N3O3/c1-4-15(17(22)23)18-16(21)10-14-11(2)19-20(12(14)3)13-8-6-5-7-9-13/h5-9,15H,4,10H2,1-3H3,(H,18,21)(H,22,23)/t15-/m1/s1. The van der Waals surface area contributed by atoms with Crippen LogP contribution in [0.2, 0.25) is 0 Å². The van der Waals surface area contributed by atoms with Crippen molar-refractivity contribution in [3.05, 3.63) is 47.3 Å². The summed E-state index contributed by atoms with van der Waals surface area (Å²) >= 11 is 0. The molecule has 6 nitrogen and oxygen atoms in total. The second kappa shape index (κ2) is 7.09. The molecule has 23 heavy (non-hydrogen) atoms. The fourth-order valence-electron chi connectivity index (χ4n) is 2.50. The molecule has 0 aliphatic heterocycles. The molecule has 2 N–H and O–H groups in total. The Morgan fingerprint density at radius 3 is 2.48 bits per heavy atom. The third kappa shape index (κ3) is 3.77. The van der Waals surface area contributed by atoms with Gasteiger partial charge in [-0.25, -0.2) is 9.48 Å². The van der Waals surface area contributed by atoms with Crippen molar-refractivity contribution in [1.82, 2.24) is 15.1 Å². The van der Waals surface area contributed by atoms with Crippen molar-refractivity contribution in [3.8, 4) is 5.69 Å². The van der Waals surface area contributed by atoms with Crippen LogP contribution < -0.4 is 5.32 Å². The second-order valence-electron chi connectivity index (χ2n) is 5.44. The van der Waals surface area contributed by atoms with Gasteiger partial charge in [0.25, 0.3) is 0 Å². The lowest BCUT2D eigenvalue weighted by atomic mass is 10.1. The fourth-order valence-corrected chi connectivity index (χ4v) is 2.50. The summed E-state index contributed by atoms with van der Waals surface area (Å²) in [6, 6.07) is 8.82. The van der Waals surface area contributed by atoms with E-state index in [0.29, 0.717) is 6.42 Å². The number of carboxylic acid groups (broad SMARTS) is 1. The first-order valence-corrected chi connectivity index (χ1v) is 7.56. The summed E-state index contributed by atoms with van der Waals surface area (Å²) in [5.74, 6) is -1.33. The number of nitrogens with one attached hydrogen (secondary N) is 1. The number of carboxylic acids is 1. The van der Waals surface area contributed by atoms with Gasteiger partial charge in [0.2, 0.25) is 5.91 Å². The Hall–Kier alpha value is -2.63. The van der Waals surface area contributed by atoms with Gasteiger partial charge in [-0.15, -0.1) is 0 Å². The third-order valence-electron chi connectivity index (χ3n) is 3.82. The molecule has 0 bridgehead atoms. The average molecular weight is 315 g/mol. The van der Waals surface area contributed by atoms with Crippen LogP contribution in [0.1, 0.15) is 30.3 Å². The molecule has 122 valence electrons. The normalized spacial score (nSPS) is 12.0. The Morgan fingerprint density at radius 2 is 1.91 bits per heavy atom. The minimum atomic E-state index is -1.02. The maximum atomic E-state index is 12.1. The highest BCUT2D eigenvalue weighted by Gasteiger charge is 2.20. The smallest absolute Gasteiger partial charge is 0.326 e. The van der Waals surface area contributed by atoms with Crippen molar-refractivity contribution in [2.45, 2.75) is 39.7 Å². The van der Waals surface area contributed by atoms with Crippen LogP contribution >= 0.6 is 0 Å². The Labute approximate surface area is 135 Å². The lowest BCUT2D eigenvalue weighted by Crippen LogP contribution is -2.41. The van der Waals surface area contributed by atoms with Crippen molar-refractivity contribution in [1.29, 1.82) is 0 Å². The van der Waals surface area contributed by atoms with E-state index in [9.17, 15) is 9.59 Å². The van der Waals surface area contributed by atoms with Crippen LogP contribution in [0.4, 0.5) is 0 Å². The summed E-state index contributed by atoms with van der Waals surface area (Å²) < 4.78 is 1.80. The van der Waals surface area contributed by atoms with E-state index in [2.05, 4.69) is 10.4 Å². The number of benzene rings is 1. The van der Waals surface area contributed by atoms with E-state index >= 15 is 0 Å². The number of aromatic nitrogens is 2. The highest BCUT2D eigenvalue weighted by atomic mass is 16.4. The van der Waals surface area contributed by atoms with Crippen LogP contribution in [0.3, 0.4) is 0 Å². The number of hydrogen-bond acceptors (Lipinski definition) is 3. The molecule has 0 radical (unpaired) electrons. The van der Waals surface area contributed by atoms with E-state index in [0.717, 1.165) is 22.6 Å². The number of hydrogen-bond donors (Lipinski definition) is 2. The van der Waals surface area contributed by atoms with Crippen LogP contribution in [0, 0.1) is 13.8 Å². The van der Waals surface area contributed by atoms with Gasteiger partial charge in [-0.3, -0.25) is 4.79 Å². The first kappa shape index (κ1) is 16.7. The average Bonchev–Trinajstić information content (AvgIpc) is 2.81. The lowest BCUT2D eigenvalue weighted by Gasteiger charge is -2.12. The summed E-state index contributed by atoms with van der Waals surface area (Å²) in [6.45, 7) is 5.48. The van der Waals surface area contributed by atoms with E-state index in [-0.39, 0.29) is 12.3 Å². The van der Waals surface area contributed by atoms with Gasteiger partial charge < -0.3 is 10.4 Å². The molecule has 0 saturated carbocycles. The van der Waals surface area contributed by atoms with Crippen LogP contribution in [0.25, 0.3) is 5.69 Å².